The second kappa shape index (κ2) is 5.35. The van der Waals surface area contributed by atoms with Crippen molar-refractivity contribution in [1.29, 1.82) is 5.26 Å². The van der Waals surface area contributed by atoms with Crippen LogP contribution in [0, 0.1) is 11.3 Å². The first-order chi connectivity index (χ1) is 9.78. The summed E-state index contributed by atoms with van der Waals surface area (Å²) in [5.74, 6) is 0.0720. The fourth-order valence-electron chi connectivity index (χ4n) is 2.13. The summed E-state index contributed by atoms with van der Waals surface area (Å²) < 4.78 is 0. The summed E-state index contributed by atoms with van der Waals surface area (Å²) >= 11 is 1.42. The van der Waals surface area contributed by atoms with Crippen molar-refractivity contribution in [3.63, 3.8) is 0 Å². The van der Waals surface area contributed by atoms with Crippen LogP contribution in [0.3, 0.4) is 0 Å². The van der Waals surface area contributed by atoms with E-state index < -0.39 is 0 Å². The van der Waals surface area contributed by atoms with Gasteiger partial charge >= 0.3 is 0 Å². The maximum atomic E-state index is 12.4. The van der Waals surface area contributed by atoms with Crippen molar-refractivity contribution >= 4 is 23.4 Å². The van der Waals surface area contributed by atoms with E-state index in [2.05, 4.69) is 21.5 Å². The fourth-order valence-corrected chi connectivity index (χ4v) is 3.08. The number of anilines is 1. The molecule has 1 fully saturated rings. The molecule has 1 N–H and O–H groups in total. The number of hydrogen-bond acceptors (Lipinski definition) is 5. The van der Waals surface area contributed by atoms with Gasteiger partial charge in [0.1, 0.15) is 5.03 Å². The van der Waals surface area contributed by atoms with Crippen molar-refractivity contribution in [2.45, 2.75) is 16.7 Å². The molecule has 1 aromatic carbocycles. The third-order valence-electron chi connectivity index (χ3n) is 3.12. The van der Waals surface area contributed by atoms with Gasteiger partial charge in [-0.1, -0.05) is 11.8 Å². The van der Waals surface area contributed by atoms with Crippen molar-refractivity contribution in [1.82, 2.24) is 15.4 Å². The quantitative estimate of drug-likeness (QED) is 0.925. The van der Waals surface area contributed by atoms with Crippen LogP contribution in [0.25, 0.3) is 0 Å². The standard InChI is InChI=1S/C13H11N5OS/c14-7-9-1-3-10(4-2-9)18-6-5-11(13(18)19)20-12-8-15-17-16-12/h1-4,8,11H,5-6H2,(H,15,16,17)/t11-/m1/s1. The van der Waals surface area contributed by atoms with Crippen LogP contribution in [-0.2, 0) is 4.79 Å². The zero-order chi connectivity index (χ0) is 13.9. The minimum Gasteiger partial charge on any atom is -0.311 e. The molecular weight excluding hydrogens is 274 g/mol. The predicted molar refractivity (Wildman–Crippen MR) is 74.2 cm³/mol. The molecule has 1 aliphatic heterocycles. The predicted octanol–water partition coefficient (Wildman–Crippen LogP) is 1.57. The molecule has 0 bridgehead atoms. The zero-order valence-electron chi connectivity index (χ0n) is 10.5. The molecule has 1 amide bonds. The van der Waals surface area contributed by atoms with Crippen molar-refractivity contribution in [2.24, 2.45) is 0 Å². The topological polar surface area (TPSA) is 85.7 Å². The number of aromatic nitrogens is 3. The van der Waals surface area contributed by atoms with Crippen LogP contribution in [0.15, 0.2) is 35.5 Å². The molecule has 100 valence electrons. The number of nitrogens with one attached hydrogen (secondary N) is 1. The van der Waals surface area contributed by atoms with E-state index in [0.29, 0.717) is 12.1 Å². The molecule has 0 radical (unpaired) electrons. The van der Waals surface area contributed by atoms with E-state index >= 15 is 0 Å². The number of H-pyrrole nitrogens is 1. The molecule has 1 aliphatic rings. The Morgan fingerprint density at radius 1 is 1.40 bits per heavy atom. The number of hydrogen-bond donors (Lipinski definition) is 1. The largest absolute Gasteiger partial charge is 0.311 e. The summed E-state index contributed by atoms with van der Waals surface area (Å²) in [6, 6.07) is 9.12. The first-order valence-corrected chi connectivity index (χ1v) is 7.00. The monoisotopic (exact) mass is 285 g/mol. The highest BCUT2D eigenvalue weighted by Crippen LogP contribution is 2.31. The SMILES string of the molecule is N#Cc1ccc(N2CC[C@@H](Sc3cn[nH]n3)C2=O)cc1. The van der Waals surface area contributed by atoms with Gasteiger partial charge in [0.15, 0.2) is 0 Å². The van der Waals surface area contributed by atoms with Gasteiger partial charge in [-0.25, -0.2) is 0 Å². The van der Waals surface area contributed by atoms with E-state index in [1.165, 1.54) is 11.8 Å². The maximum absolute atomic E-state index is 12.4. The van der Waals surface area contributed by atoms with Crippen LogP contribution in [0.4, 0.5) is 5.69 Å². The third-order valence-corrected chi connectivity index (χ3v) is 4.28. The summed E-state index contributed by atoms with van der Waals surface area (Å²) in [4.78, 5) is 14.1. The van der Waals surface area contributed by atoms with E-state index in [4.69, 9.17) is 5.26 Å². The van der Waals surface area contributed by atoms with E-state index in [0.717, 1.165) is 17.1 Å². The molecule has 1 aromatic heterocycles. The number of rotatable bonds is 3. The molecule has 0 aliphatic carbocycles. The Bertz CT molecular complexity index is 646. The van der Waals surface area contributed by atoms with Crippen LogP contribution >= 0.6 is 11.8 Å². The Morgan fingerprint density at radius 3 is 2.85 bits per heavy atom. The molecule has 2 aromatic rings. The summed E-state index contributed by atoms with van der Waals surface area (Å²) in [7, 11) is 0. The van der Waals surface area contributed by atoms with E-state index in [-0.39, 0.29) is 11.2 Å². The molecule has 6 nitrogen and oxygen atoms in total. The van der Waals surface area contributed by atoms with Crippen molar-refractivity contribution < 1.29 is 4.79 Å². The van der Waals surface area contributed by atoms with Crippen LogP contribution in [-0.4, -0.2) is 33.1 Å². The van der Waals surface area contributed by atoms with Gasteiger partial charge in [-0.2, -0.15) is 15.6 Å². The second-order valence-electron chi connectivity index (χ2n) is 4.35. The van der Waals surface area contributed by atoms with Gasteiger partial charge in [0.05, 0.1) is 23.1 Å². The van der Waals surface area contributed by atoms with Gasteiger partial charge in [-0.15, -0.1) is 5.10 Å². The molecular formula is C13H11N5OS. The lowest BCUT2D eigenvalue weighted by Crippen LogP contribution is -2.27. The van der Waals surface area contributed by atoms with Gasteiger partial charge in [0.25, 0.3) is 0 Å². The Balaban J connectivity index is 1.73. The zero-order valence-corrected chi connectivity index (χ0v) is 11.3. The van der Waals surface area contributed by atoms with Gasteiger partial charge < -0.3 is 4.90 Å². The lowest BCUT2D eigenvalue weighted by atomic mass is 10.2. The molecule has 0 saturated carbocycles. The number of aromatic amines is 1. The summed E-state index contributed by atoms with van der Waals surface area (Å²) in [5, 5.41) is 19.6. The second-order valence-corrected chi connectivity index (χ2v) is 5.57. The van der Waals surface area contributed by atoms with Crippen LogP contribution < -0.4 is 4.90 Å². The number of nitrogens with zero attached hydrogens (tertiary/aromatic N) is 4. The number of amides is 1. The fraction of sp³-hybridized carbons (Fsp3) is 0.231. The Kier molecular flexibility index (Phi) is 3.39. The summed E-state index contributed by atoms with van der Waals surface area (Å²) in [6.45, 7) is 0.681. The maximum Gasteiger partial charge on any atom is 0.240 e. The van der Waals surface area contributed by atoms with Gasteiger partial charge in [0, 0.05) is 12.2 Å². The number of carbonyl (C=O) groups excluding carboxylic acids is 1. The average Bonchev–Trinajstić information content (AvgIpc) is 3.11. The first-order valence-electron chi connectivity index (χ1n) is 6.12. The number of benzene rings is 1. The first kappa shape index (κ1) is 12.7. The number of nitriles is 1. The van der Waals surface area contributed by atoms with Gasteiger partial charge in [-0.3, -0.25) is 4.79 Å². The molecule has 1 saturated heterocycles. The van der Waals surface area contributed by atoms with Crippen molar-refractivity contribution in [2.75, 3.05) is 11.4 Å². The molecule has 3 rings (SSSR count). The summed E-state index contributed by atoms with van der Waals surface area (Å²) in [6.07, 6.45) is 2.39. The highest BCUT2D eigenvalue weighted by Gasteiger charge is 2.33. The lowest BCUT2D eigenvalue weighted by molar-refractivity contribution is -0.116. The smallest absolute Gasteiger partial charge is 0.240 e. The average molecular weight is 285 g/mol. The molecule has 0 spiro atoms. The van der Waals surface area contributed by atoms with Crippen molar-refractivity contribution in [3.8, 4) is 6.07 Å². The highest BCUT2D eigenvalue weighted by atomic mass is 32.2. The number of carbonyl (C=O) groups is 1. The van der Waals surface area contributed by atoms with E-state index in [9.17, 15) is 4.79 Å². The van der Waals surface area contributed by atoms with Crippen LogP contribution in [0.2, 0.25) is 0 Å². The number of thioether (sulfide) groups is 1. The molecule has 20 heavy (non-hydrogen) atoms. The normalized spacial score (nSPS) is 18.2. The minimum absolute atomic E-state index is 0.0720. The molecule has 2 heterocycles. The Morgan fingerprint density at radius 2 is 2.20 bits per heavy atom. The van der Waals surface area contributed by atoms with E-state index in [1.54, 1.807) is 35.4 Å². The lowest BCUT2D eigenvalue weighted by Gasteiger charge is -2.16. The molecule has 0 unspecified atom stereocenters. The van der Waals surface area contributed by atoms with Crippen LogP contribution in [0.5, 0.6) is 0 Å². The molecule has 7 heteroatoms. The third kappa shape index (κ3) is 2.38. The minimum atomic E-state index is -0.129. The van der Waals surface area contributed by atoms with Crippen LogP contribution in [0.1, 0.15) is 12.0 Å². The highest BCUT2D eigenvalue weighted by molar-refractivity contribution is 8.00. The van der Waals surface area contributed by atoms with Gasteiger partial charge in [-0.05, 0) is 30.7 Å². The summed E-state index contributed by atoms with van der Waals surface area (Å²) in [5.41, 5.74) is 1.42. The Labute approximate surface area is 119 Å². The molecule has 1 atom stereocenters. The van der Waals surface area contributed by atoms with E-state index in [1.807, 2.05) is 0 Å². The van der Waals surface area contributed by atoms with Crippen molar-refractivity contribution in [3.05, 3.63) is 36.0 Å². The van der Waals surface area contributed by atoms with Gasteiger partial charge in [0.2, 0.25) is 5.91 Å². The Hall–Kier alpha value is -2.33.